The number of nitrogen functional groups attached to an aromatic ring is 1. The molecule has 1 aromatic heterocycles. The Hall–Kier alpha value is -1.17. The first-order valence-electron chi connectivity index (χ1n) is 6.14. The fourth-order valence-corrected chi connectivity index (χ4v) is 4.66. The minimum absolute atomic E-state index is 0.132. The zero-order chi connectivity index (χ0) is 11.6. The van der Waals surface area contributed by atoms with Gasteiger partial charge in [-0.15, -0.1) is 10.2 Å². The van der Waals surface area contributed by atoms with Gasteiger partial charge in [-0.05, 0) is 42.9 Å². The monoisotopic (exact) mass is 250 g/mol. The van der Waals surface area contributed by atoms with Gasteiger partial charge in [0.25, 0.3) is 0 Å². The highest BCUT2D eigenvalue weighted by molar-refractivity contribution is 7.18. The van der Waals surface area contributed by atoms with Crippen molar-refractivity contribution in [2.24, 2.45) is 29.6 Å². The van der Waals surface area contributed by atoms with Crippen LogP contribution < -0.4 is 11.1 Å². The van der Waals surface area contributed by atoms with E-state index < -0.39 is 0 Å². The zero-order valence-electron chi connectivity index (χ0n) is 9.30. The minimum Gasteiger partial charge on any atom is -0.374 e. The quantitative estimate of drug-likeness (QED) is 0.830. The van der Waals surface area contributed by atoms with Gasteiger partial charge in [0.2, 0.25) is 16.2 Å². The summed E-state index contributed by atoms with van der Waals surface area (Å²) in [5, 5.41) is 11.3. The average Bonchev–Trinajstić information content (AvgIpc) is 2.65. The van der Waals surface area contributed by atoms with Crippen LogP contribution in [0.3, 0.4) is 0 Å². The molecule has 3 saturated carbocycles. The highest BCUT2D eigenvalue weighted by atomic mass is 32.1. The topological polar surface area (TPSA) is 80.9 Å². The van der Waals surface area contributed by atoms with E-state index in [9.17, 15) is 4.79 Å². The van der Waals surface area contributed by atoms with Gasteiger partial charge in [-0.1, -0.05) is 11.3 Å². The Kier molecular flexibility index (Phi) is 1.84. The smallest absolute Gasteiger partial charge is 0.229 e. The van der Waals surface area contributed by atoms with Crippen molar-refractivity contribution < 1.29 is 4.79 Å². The molecule has 0 aromatic carbocycles. The van der Waals surface area contributed by atoms with Crippen LogP contribution in [-0.2, 0) is 4.79 Å². The van der Waals surface area contributed by atoms with E-state index in [2.05, 4.69) is 15.5 Å². The lowest BCUT2D eigenvalue weighted by Gasteiger charge is -2.07. The summed E-state index contributed by atoms with van der Waals surface area (Å²) in [6.45, 7) is 0. The number of aromatic nitrogens is 2. The van der Waals surface area contributed by atoms with E-state index >= 15 is 0 Å². The Morgan fingerprint density at radius 3 is 2.59 bits per heavy atom. The Labute approximate surface area is 103 Å². The molecular weight excluding hydrogens is 236 g/mol. The van der Waals surface area contributed by atoms with E-state index in [0.717, 1.165) is 11.8 Å². The molecule has 2 bridgehead atoms. The first-order chi connectivity index (χ1) is 8.24. The Morgan fingerprint density at radius 2 is 2.00 bits per heavy atom. The molecule has 0 spiro atoms. The van der Waals surface area contributed by atoms with E-state index in [4.69, 9.17) is 5.73 Å². The lowest BCUT2D eigenvalue weighted by Crippen LogP contribution is -2.18. The van der Waals surface area contributed by atoms with Crippen LogP contribution in [0.4, 0.5) is 10.3 Å². The second-order valence-corrected chi connectivity index (χ2v) is 6.46. The van der Waals surface area contributed by atoms with E-state index in [1.807, 2.05) is 0 Å². The maximum absolute atomic E-state index is 12.1. The second-order valence-electron chi connectivity index (χ2n) is 5.45. The summed E-state index contributed by atoms with van der Waals surface area (Å²) in [6.07, 6.45) is 4.04. The number of fused-ring (bicyclic) bond motifs is 5. The van der Waals surface area contributed by atoms with Gasteiger partial charge in [-0.3, -0.25) is 4.79 Å². The van der Waals surface area contributed by atoms with Crippen molar-refractivity contribution >= 4 is 27.5 Å². The van der Waals surface area contributed by atoms with E-state index in [0.29, 0.717) is 22.1 Å². The highest BCUT2D eigenvalue weighted by Gasteiger charge is 2.67. The molecule has 0 aliphatic heterocycles. The van der Waals surface area contributed by atoms with Crippen LogP contribution in [0.5, 0.6) is 0 Å². The molecule has 1 heterocycles. The molecule has 3 fully saturated rings. The van der Waals surface area contributed by atoms with Crippen molar-refractivity contribution in [1.29, 1.82) is 0 Å². The molecule has 4 unspecified atom stereocenters. The number of amides is 1. The molecule has 4 atom stereocenters. The molecule has 3 N–H and O–H groups in total. The van der Waals surface area contributed by atoms with E-state index in [1.54, 1.807) is 0 Å². The third-order valence-corrected chi connectivity index (χ3v) is 5.38. The number of carbonyl (C=O) groups excluding carboxylic acids is 1. The van der Waals surface area contributed by atoms with Crippen LogP contribution in [0.2, 0.25) is 0 Å². The standard InChI is InChI=1S/C11H14N4OS/c12-10-14-15-11(17-10)13-9(16)8-6-4-1-2-5(3-4)7(6)8/h4-8H,1-3H2,(H2,12,14)(H,13,15,16). The zero-order valence-corrected chi connectivity index (χ0v) is 10.1. The van der Waals surface area contributed by atoms with Crippen molar-refractivity contribution in [3.8, 4) is 0 Å². The van der Waals surface area contributed by atoms with Crippen LogP contribution in [0, 0.1) is 29.6 Å². The van der Waals surface area contributed by atoms with Crippen molar-refractivity contribution in [3.63, 3.8) is 0 Å². The summed E-state index contributed by atoms with van der Waals surface area (Å²) in [5.74, 6) is 3.35. The van der Waals surface area contributed by atoms with Crippen LogP contribution >= 0.6 is 11.3 Å². The second kappa shape index (κ2) is 3.19. The number of nitrogens with two attached hydrogens (primary N) is 1. The molecule has 6 heteroatoms. The van der Waals surface area contributed by atoms with Gasteiger partial charge < -0.3 is 11.1 Å². The summed E-state index contributed by atoms with van der Waals surface area (Å²) < 4.78 is 0. The van der Waals surface area contributed by atoms with Crippen LogP contribution in [0.1, 0.15) is 19.3 Å². The molecule has 1 aromatic rings. The Balaban J connectivity index is 1.46. The molecule has 17 heavy (non-hydrogen) atoms. The van der Waals surface area contributed by atoms with Gasteiger partial charge in [-0.25, -0.2) is 0 Å². The molecule has 5 nitrogen and oxygen atoms in total. The third kappa shape index (κ3) is 1.33. The number of anilines is 2. The van der Waals surface area contributed by atoms with E-state index in [1.165, 1.54) is 30.6 Å². The molecule has 1 amide bonds. The maximum Gasteiger partial charge on any atom is 0.229 e. The van der Waals surface area contributed by atoms with Crippen LogP contribution in [0.15, 0.2) is 0 Å². The third-order valence-electron chi connectivity index (χ3n) is 4.71. The number of rotatable bonds is 2. The normalized spacial score (nSPS) is 41.3. The molecule has 3 aliphatic carbocycles. The minimum atomic E-state index is 0.132. The predicted octanol–water partition coefficient (Wildman–Crippen LogP) is 1.35. The lowest BCUT2D eigenvalue weighted by atomic mass is 10.0. The SMILES string of the molecule is Nc1nnc(NC(=O)C2C3C4CCC(C4)C23)s1. The number of nitrogens with one attached hydrogen (secondary N) is 1. The number of hydrogen-bond acceptors (Lipinski definition) is 5. The number of hydrogen-bond donors (Lipinski definition) is 2. The van der Waals surface area contributed by atoms with Gasteiger partial charge in [0, 0.05) is 5.92 Å². The Bertz CT molecular complexity index is 472. The van der Waals surface area contributed by atoms with Crippen LogP contribution in [-0.4, -0.2) is 16.1 Å². The van der Waals surface area contributed by atoms with Crippen molar-refractivity contribution in [1.82, 2.24) is 10.2 Å². The molecule has 90 valence electrons. The number of nitrogens with zero attached hydrogens (tertiary/aromatic N) is 2. The average molecular weight is 250 g/mol. The largest absolute Gasteiger partial charge is 0.374 e. The van der Waals surface area contributed by atoms with Crippen molar-refractivity contribution in [2.75, 3.05) is 11.1 Å². The van der Waals surface area contributed by atoms with Gasteiger partial charge in [0.15, 0.2) is 0 Å². The predicted molar refractivity (Wildman–Crippen MR) is 64.3 cm³/mol. The fourth-order valence-electron chi connectivity index (χ4n) is 4.15. The summed E-state index contributed by atoms with van der Waals surface area (Å²) in [7, 11) is 0. The highest BCUT2D eigenvalue weighted by Crippen LogP contribution is 2.69. The Morgan fingerprint density at radius 1 is 1.29 bits per heavy atom. The number of carbonyl (C=O) groups is 1. The molecule has 0 saturated heterocycles. The fraction of sp³-hybridized carbons (Fsp3) is 0.727. The van der Waals surface area contributed by atoms with Crippen molar-refractivity contribution in [2.45, 2.75) is 19.3 Å². The maximum atomic E-state index is 12.1. The summed E-state index contributed by atoms with van der Waals surface area (Å²) in [6, 6.07) is 0. The van der Waals surface area contributed by atoms with Gasteiger partial charge in [0.05, 0.1) is 0 Å². The van der Waals surface area contributed by atoms with Gasteiger partial charge in [-0.2, -0.15) is 0 Å². The summed E-state index contributed by atoms with van der Waals surface area (Å²) in [4.78, 5) is 12.1. The molecular formula is C11H14N4OS. The van der Waals surface area contributed by atoms with E-state index in [-0.39, 0.29) is 11.8 Å². The van der Waals surface area contributed by atoms with Crippen molar-refractivity contribution in [3.05, 3.63) is 0 Å². The van der Waals surface area contributed by atoms with Gasteiger partial charge in [0.1, 0.15) is 0 Å². The van der Waals surface area contributed by atoms with Crippen LogP contribution in [0.25, 0.3) is 0 Å². The molecule has 4 rings (SSSR count). The summed E-state index contributed by atoms with van der Waals surface area (Å²) >= 11 is 1.23. The molecule has 3 aliphatic rings. The first-order valence-corrected chi connectivity index (χ1v) is 6.95. The van der Waals surface area contributed by atoms with Gasteiger partial charge >= 0.3 is 0 Å². The first kappa shape index (κ1) is 9.82. The lowest BCUT2D eigenvalue weighted by molar-refractivity contribution is -0.118. The summed E-state index contributed by atoms with van der Waals surface area (Å²) in [5.41, 5.74) is 5.49. The molecule has 0 radical (unpaired) electrons.